The third kappa shape index (κ3) is 3.96. The maximum atomic E-state index is 12.6. The molecule has 0 saturated heterocycles. The van der Waals surface area contributed by atoms with Crippen LogP contribution in [0.3, 0.4) is 0 Å². The summed E-state index contributed by atoms with van der Waals surface area (Å²) in [6, 6.07) is 6.91. The molecule has 3 heterocycles. The summed E-state index contributed by atoms with van der Waals surface area (Å²) in [5.41, 5.74) is 5.26. The number of nitrogens with one attached hydrogen (secondary N) is 3. The first-order chi connectivity index (χ1) is 14.0. The molecule has 4 rings (SSSR count). The molecule has 8 heteroatoms. The Bertz CT molecular complexity index is 1120. The summed E-state index contributed by atoms with van der Waals surface area (Å²) in [7, 11) is 0. The minimum absolute atomic E-state index is 0.154. The SMILES string of the molecule is CC(=O)Nc1cccc(NC(=O)N2CC=C(c3ncnc4[nH]cc(C)c34)CC2)c1. The Labute approximate surface area is 168 Å². The molecule has 0 unspecified atom stereocenters. The zero-order valence-electron chi connectivity index (χ0n) is 16.3. The maximum absolute atomic E-state index is 12.6. The number of nitrogens with zero attached hydrogens (tertiary/aromatic N) is 3. The molecule has 0 saturated carbocycles. The highest BCUT2D eigenvalue weighted by Crippen LogP contribution is 2.28. The second kappa shape index (κ2) is 7.75. The average Bonchev–Trinajstić information content (AvgIpc) is 3.09. The number of urea groups is 1. The van der Waals surface area contributed by atoms with Crippen molar-refractivity contribution in [2.24, 2.45) is 0 Å². The number of hydrogen-bond acceptors (Lipinski definition) is 4. The van der Waals surface area contributed by atoms with E-state index in [1.165, 1.54) is 6.92 Å². The Morgan fingerprint density at radius 3 is 2.69 bits per heavy atom. The number of carbonyl (C=O) groups is 2. The molecule has 8 nitrogen and oxygen atoms in total. The van der Waals surface area contributed by atoms with Crippen molar-refractivity contribution in [3.8, 4) is 0 Å². The summed E-state index contributed by atoms with van der Waals surface area (Å²) in [6.45, 7) is 4.58. The number of aromatic amines is 1. The second-order valence-electron chi connectivity index (χ2n) is 7.04. The minimum Gasteiger partial charge on any atom is -0.346 e. The number of aryl methyl sites for hydroxylation is 1. The lowest BCUT2D eigenvalue weighted by Gasteiger charge is -2.26. The molecule has 0 atom stereocenters. The van der Waals surface area contributed by atoms with Crippen molar-refractivity contribution in [3.05, 3.63) is 54.1 Å². The van der Waals surface area contributed by atoms with E-state index in [1.807, 2.05) is 19.2 Å². The van der Waals surface area contributed by atoms with E-state index in [4.69, 9.17) is 0 Å². The number of carbonyl (C=O) groups excluding carboxylic acids is 2. The van der Waals surface area contributed by atoms with Gasteiger partial charge in [0.05, 0.1) is 5.69 Å². The van der Waals surface area contributed by atoms with Gasteiger partial charge in [0.25, 0.3) is 0 Å². The molecule has 0 radical (unpaired) electrons. The van der Waals surface area contributed by atoms with Gasteiger partial charge in [0, 0.05) is 43.0 Å². The molecule has 3 aromatic rings. The van der Waals surface area contributed by atoms with Gasteiger partial charge < -0.3 is 20.5 Å². The van der Waals surface area contributed by atoms with Gasteiger partial charge in [-0.2, -0.15) is 0 Å². The van der Waals surface area contributed by atoms with E-state index in [2.05, 4.69) is 25.6 Å². The number of aromatic nitrogens is 3. The molecule has 0 fully saturated rings. The summed E-state index contributed by atoms with van der Waals surface area (Å²) in [4.78, 5) is 37.5. The number of amides is 3. The number of H-pyrrole nitrogens is 1. The molecule has 2 aromatic heterocycles. The van der Waals surface area contributed by atoms with Crippen molar-refractivity contribution in [2.45, 2.75) is 20.3 Å². The van der Waals surface area contributed by atoms with Crippen molar-refractivity contribution in [1.29, 1.82) is 0 Å². The van der Waals surface area contributed by atoms with Crippen molar-refractivity contribution in [2.75, 3.05) is 23.7 Å². The lowest BCUT2D eigenvalue weighted by molar-refractivity contribution is -0.114. The molecule has 0 spiro atoms. The number of hydrogen-bond donors (Lipinski definition) is 3. The smallest absolute Gasteiger partial charge is 0.322 e. The Balaban J connectivity index is 1.46. The van der Waals surface area contributed by atoms with Crippen LogP contribution in [0.4, 0.5) is 16.2 Å². The van der Waals surface area contributed by atoms with Gasteiger partial charge in [-0.05, 0) is 42.7 Å². The van der Waals surface area contributed by atoms with Crippen molar-refractivity contribution in [1.82, 2.24) is 19.9 Å². The molecule has 29 heavy (non-hydrogen) atoms. The summed E-state index contributed by atoms with van der Waals surface area (Å²) in [6.07, 6.45) is 6.26. The van der Waals surface area contributed by atoms with E-state index in [9.17, 15) is 9.59 Å². The fourth-order valence-corrected chi connectivity index (χ4v) is 3.51. The normalized spacial score (nSPS) is 13.9. The third-order valence-electron chi connectivity index (χ3n) is 4.90. The monoisotopic (exact) mass is 390 g/mol. The molecule has 1 aliphatic rings. The van der Waals surface area contributed by atoms with Crippen LogP contribution in [0, 0.1) is 6.92 Å². The van der Waals surface area contributed by atoms with E-state index >= 15 is 0 Å². The van der Waals surface area contributed by atoms with Gasteiger partial charge in [0.2, 0.25) is 5.91 Å². The fraction of sp³-hybridized carbons (Fsp3) is 0.238. The minimum atomic E-state index is -0.175. The van der Waals surface area contributed by atoms with Gasteiger partial charge in [-0.1, -0.05) is 12.1 Å². The Kier molecular flexibility index (Phi) is 4.99. The van der Waals surface area contributed by atoms with Crippen LogP contribution in [0.1, 0.15) is 24.6 Å². The number of rotatable bonds is 3. The van der Waals surface area contributed by atoms with Crippen LogP contribution >= 0.6 is 0 Å². The van der Waals surface area contributed by atoms with Gasteiger partial charge in [-0.25, -0.2) is 14.8 Å². The Hall–Kier alpha value is -3.68. The molecule has 1 aromatic carbocycles. The highest BCUT2D eigenvalue weighted by Gasteiger charge is 2.20. The lowest BCUT2D eigenvalue weighted by Crippen LogP contribution is -2.38. The maximum Gasteiger partial charge on any atom is 0.322 e. The molecular weight excluding hydrogens is 368 g/mol. The second-order valence-corrected chi connectivity index (χ2v) is 7.04. The van der Waals surface area contributed by atoms with Crippen molar-refractivity contribution in [3.63, 3.8) is 0 Å². The van der Waals surface area contributed by atoms with E-state index in [0.29, 0.717) is 24.5 Å². The van der Waals surface area contributed by atoms with Crippen LogP contribution in [-0.4, -0.2) is 44.9 Å². The van der Waals surface area contributed by atoms with Crippen LogP contribution in [0.2, 0.25) is 0 Å². The van der Waals surface area contributed by atoms with Crippen LogP contribution in [0.15, 0.2) is 42.9 Å². The molecule has 0 bridgehead atoms. The van der Waals surface area contributed by atoms with Crippen molar-refractivity contribution < 1.29 is 9.59 Å². The van der Waals surface area contributed by atoms with Gasteiger partial charge in [0.1, 0.15) is 12.0 Å². The zero-order valence-corrected chi connectivity index (χ0v) is 16.3. The molecule has 0 aliphatic carbocycles. The van der Waals surface area contributed by atoms with Crippen molar-refractivity contribution >= 4 is 39.9 Å². The van der Waals surface area contributed by atoms with E-state index in [-0.39, 0.29) is 11.9 Å². The molecule has 3 N–H and O–H groups in total. The summed E-state index contributed by atoms with van der Waals surface area (Å²) >= 11 is 0. The summed E-state index contributed by atoms with van der Waals surface area (Å²) in [5.74, 6) is -0.154. The number of anilines is 2. The number of benzene rings is 1. The quantitative estimate of drug-likeness (QED) is 0.636. The van der Waals surface area contributed by atoms with Crippen LogP contribution in [-0.2, 0) is 4.79 Å². The predicted molar refractivity (Wildman–Crippen MR) is 113 cm³/mol. The predicted octanol–water partition coefficient (Wildman–Crippen LogP) is 3.55. The summed E-state index contributed by atoms with van der Waals surface area (Å²) in [5, 5.41) is 6.63. The van der Waals surface area contributed by atoms with Crippen LogP contribution < -0.4 is 10.6 Å². The first kappa shape index (κ1) is 18.7. The van der Waals surface area contributed by atoms with Gasteiger partial charge in [-0.3, -0.25) is 4.79 Å². The fourth-order valence-electron chi connectivity index (χ4n) is 3.51. The highest BCUT2D eigenvalue weighted by atomic mass is 16.2. The van der Waals surface area contributed by atoms with Crippen LogP contribution in [0.25, 0.3) is 16.6 Å². The van der Waals surface area contributed by atoms with E-state index < -0.39 is 0 Å². The topological polar surface area (TPSA) is 103 Å². The molecule has 3 amide bonds. The van der Waals surface area contributed by atoms with Crippen LogP contribution in [0.5, 0.6) is 0 Å². The van der Waals surface area contributed by atoms with E-state index in [0.717, 1.165) is 34.3 Å². The number of fused-ring (bicyclic) bond motifs is 1. The molecular formula is C21H22N6O2. The third-order valence-corrected chi connectivity index (χ3v) is 4.90. The van der Waals surface area contributed by atoms with E-state index in [1.54, 1.807) is 35.5 Å². The Morgan fingerprint density at radius 1 is 1.17 bits per heavy atom. The van der Waals surface area contributed by atoms with Gasteiger partial charge in [0.15, 0.2) is 0 Å². The zero-order chi connectivity index (χ0) is 20.4. The van der Waals surface area contributed by atoms with Gasteiger partial charge >= 0.3 is 6.03 Å². The summed E-state index contributed by atoms with van der Waals surface area (Å²) < 4.78 is 0. The first-order valence-electron chi connectivity index (χ1n) is 9.43. The Morgan fingerprint density at radius 2 is 1.97 bits per heavy atom. The largest absolute Gasteiger partial charge is 0.346 e. The average molecular weight is 390 g/mol. The first-order valence-corrected chi connectivity index (χ1v) is 9.43. The lowest BCUT2D eigenvalue weighted by atomic mass is 10.0. The van der Waals surface area contributed by atoms with Gasteiger partial charge in [-0.15, -0.1) is 0 Å². The highest BCUT2D eigenvalue weighted by molar-refractivity contribution is 5.94. The molecule has 1 aliphatic heterocycles. The molecule has 148 valence electrons. The standard InChI is InChI=1S/C21H22N6O2/c1-13-11-22-20-18(13)19(23-12-24-20)15-6-8-27(9-7-15)21(29)26-17-5-3-4-16(10-17)25-14(2)28/h3-6,10-12H,7-9H2,1-2H3,(H,25,28)(H,26,29)(H,22,23,24).